The zero-order chi connectivity index (χ0) is 14.0. The van der Waals surface area contributed by atoms with Crippen molar-refractivity contribution in [1.29, 1.82) is 0 Å². The van der Waals surface area contributed by atoms with Gasteiger partial charge in [-0.2, -0.15) is 0 Å². The number of nitrogens with one attached hydrogen (secondary N) is 1. The van der Waals surface area contributed by atoms with Crippen molar-refractivity contribution in [2.24, 2.45) is 7.05 Å². The molecule has 0 saturated carbocycles. The van der Waals surface area contributed by atoms with Crippen molar-refractivity contribution >= 4 is 17.6 Å². The van der Waals surface area contributed by atoms with Gasteiger partial charge in [0.2, 0.25) is 0 Å². The molecule has 102 valence electrons. The van der Waals surface area contributed by atoms with Crippen LogP contribution in [0.3, 0.4) is 0 Å². The Balaban J connectivity index is 2.34. The van der Waals surface area contributed by atoms with Crippen LogP contribution in [0.5, 0.6) is 0 Å². The molecule has 0 bridgehead atoms. The third-order valence-corrected chi connectivity index (χ3v) is 3.70. The molecule has 0 amide bonds. The smallest absolute Gasteiger partial charge is 0.197 e. The van der Waals surface area contributed by atoms with Gasteiger partial charge in [-0.1, -0.05) is 13.8 Å². The summed E-state index contributed by atoms with van der Waals surface area (Å²) in [5, 5.41) is 12.9. The van der Waals surface area contributed by atoms with Gasteiger partial charge in [-0.15, -0.1) is 10.2 Å². The monoisotopic (exact) mass is 278 g/mol. The van der Waals surface area contributed by atoms with E-state index < -0.39 is 0 Å². The molecule has 2 rings (SSSR count). The lowest BCUT2D eigenvalue weighted by Gasteiger charge is -2.09. The largest absolute Gasteiger partial charge is 0.373 e. The van der Waals surface area contributed by atoms with Gasteiger partial charge in [0.05, 0.1) is 0 Å². The number of hydrogen-bond acceptors (Lipinski definition) is 6. The minimum absolute atomic E-state index is 0.286. The Bertz CT molecular complexity index is 578. The molecule has 7 heteroatoms. The summed E-state index contributed by atoms with van der Waals surface area (Å²) < 4.78 is 1.95. The van der Waals surface area contributed by atoms with Crippen LogP contribution < -0.4 is 5.32 Å². The Labute approximate surface area is 117 Å². The molecule has 19 heavy (non-hydrogen) atoms. The minimum Gasteiger partial charge on any atom is -0.373 e. The van der Waals surface area contributed by atoms with Crippen molar-refractivity contribution in [2.75, 3.05) is 12.4 Å². The van der Waals surface area contributed by atoms with E-state index in [9.17, 15) is 0 Å². The molecule has 0 aliphatic carbocycles. The number of nitrogens with zero attached hydrogens (tertiary/aromatic N) is 5. The van der Waals surface area contributed by atoms with Gasteiger partial charge >= 0.3 is 0 Å². The third kappa shape index (κ3) is 3.04. The van der Waals surface area contributed by atoms with E-state index in [0.717, 1.165) is 27.6 Å². The lowest BCUT2D eigenvalue weighted by molar-refractivity contribution is 0.747. The van der Waals surface area contributed by atoms with Crippen LogP contribution in [0, 0.1) is 6.92 Å². The second-order valence-electron chi connectivity index (χ2n) is 4.55. The fourth-order valence-electron chi connectivity index (χ4n) is 1.45. The van der Waals surface area contributed by atoms with Crippen LogP contribution in [0.4, 0.5) is 5.82 Å². The molecule has 0 fully saturated rings. The molecule has 0 aliphatic rings. The van der Waals surface area contributed by atoms with Gasteiger partial charge < -0.3 is 9.88 Å². The molecule has 1 N–H and O–H groups in total. The normalized spacial score (nSPS) is 11.1. The highest BCUT2D eigenvalue weighted by molar-refractivity contribution is 7.99. The van der Waals surface area contributed by atoms with Gasteiger partial charge in [-0.3, -0.25) is 0 Å². The van der Waals surface area contributed by atoms with Gasteiger partial charge in [-0.25, -0.2) is 9.97 Å². The molecule has 2 heterocycles. The first kappa shape index (κ1) is 13.8. The predicted molar refractivity (Wildman–Crippen MR) is 75.5 cm³/mol. The van der Waals surface area contributed by atoms with E-state index in [1.165, 1.54) is 11.8 Å². The van der Waals surface area contributed by atoms with E-state index in [2.05, 4.69) is 39.3 Å². The van der Waals surface area contributed by atoms with E-state index in [0.29, 0.717) is 0 Å². The Hall–Kier alpha value is -1.63. The molecule has 0 aliphatic heterocycles. The highest BCUT2D eigenvalue weighted by Gasteiger charge is 2.12. The predicted octanol–water partition coefficient (Wildman–Crippen LogP) is 2.23. The Morgan fingerprint density at radius 1 is 1.26 bits per heavy atom. The summed E-state index contributed by atoms with van der Waals surface area (Å²) in [6.07, 6.45) is 0. The van der Waals surface area contributed by atoms with E-state index >= 15 is 0 Å². The number of aryl methyl sites for hydroxylation is 1. The summed E-state index contributed by atoms with van der Waals surface area (Å²) >= 11 is 1.49. The van der Waals surface area contributed by atoms with Crippen LogP contribution in [0.2, 0.25) is 0 Å². The van der Waals surface area contributed by atoms with Crippen molar-refractivity contribution in [3.8, 4) is 0 Å². The number of hydrogen-bond donors (Lipinski definition) is 1. The number of rotatable bonds is 4. The Kier molecular flexibility index (Phi) is 4.04. The van der Waals surface area contributed by atoms with Crippen LogP contribution in [-0.4, -0.2) is 31.8 Å². The minimum atomic E-state index is 0.286. The fraction of sp³-hybridized carbons (Fsp3) is 0.500. The highest BCUT2D eigenvalue weighted by Crippen LogP contribution is 2.27. The SMILES string of the molecule is CNc1cc(Sc2nnc(C)n2C)nc(C(C)C)n1. The first-order valence-corrected chi connectivity index (χ1v) is 6.93. The second kappa shape index (κ2) is 5.56. The average molecular weight is 278 g/mol. The van der Waals surface area contributed by atoms with Crippen LogP contribution in [0.25, 0.3) is 0 Å². The second-order valence-corrected chi connectivity index (χ2v) is 5.53. The summed E-state index contributed by atoms with van der Waals surface area (Å²) in [5.74, 6) is 2.82. The fourth-order valence-corrected chi connectivity index (χ4v) is 2.30. The summed E-state index contributed by atoms with van der Waals surface area (Å²) in [4.78, 5) is 9.00. The molecule has 0 unspecified atom stereocenters. The zero-order valence-electron chi connectivity index (χ0n) is 11.8. The Morgan fingerprint density at radius 2 is 2.00 bits per heavy atom. The molecule has 0 atom stereocenters. The lowest BCUT2D eigenvalue weighted by atomic mass is 10.2. The van der Waals surface area contributed by atoms with Gasteiger partial charge in [0, 0.05) is 26.1 Å². The van der Waals surface area contributed by atoms with Gasteiger partial charge in [-0.05, 0) is 18.7 Å². The molecule has 0 aromatic carbocycles. The third-order valence-electron chi connectivity index (χ3n) is 2.74. The van der Waals surface area contributed by atoms with E-state index in [-0.39, 0.29) is 5.92 Å². The first-order valence-electron chi connectivity index (χ1n) is 6.12. The standard InChI is InChI=1S/C12H18N6S/c1-7(2)11-14-9(13-4)6-10(15-11)19-12-17-16-8(3)18(12)5/h6-7H,1-5H3,(H,13,14,15). The van der Waals surface area contributed by atoms with E-state index in [1.807, 2.05) is 31.7 Å². The maximum Gasteiger partial charge on any atom is 0.197 e. The molecule has 6 nitrogen and oxygen atoms in total. The lowest BCUT2D eigenvalue weighted by Crippen LogP contribution is -2.03. The number of aromatic nitrogens is 5. The van der Waals surface area contributed by atoms with Crippen molar-refractivity contribution in [1.82, 2.24) is 24.7 Å². The molecular formula is C12H18N6S. The quantitative estimate of drug-likeness (QED) is 0.865. The zero-order valence-corrected chi connectivity index (χ0v) is 12.6. The molecule has 0 saturated heterocycles. The molecule has 0 spiro atoms. The van der Waals surface area contributed by atoms with Crippen LogP contribution in [-0.2, 0) is 7.05 Å². The van der Waals surface area contributed by atoms with Crippen LogP contribution in [0.1, 0.15) is 31.4 Å². The summed E-state index contributed by atoms with van der Waals surface area (Å²) in [5.41, 5.74) is 0. The maximum absolute atomic E-state index is 4.56. The van der Waals surface area contributed by atoms with Gasteiger partial charge in [0.25, 0.3) is 0 Å². The molecule has 2 aromatic rings. The Morgan fingerprint density at radius 3 is 2.53 bits per heavy atom. The van der Waals surface area contributed by atoms with Crippen molar-refractivity contribution in [3.05, 3.63) is 17.7 Å². The van der Waals surface area contributed by atoms with Crippen LogP contribution >= 0.6 is 11.8 Å². The average Bonchev–Trinajstić information content (AvgIpc) is 2.70. The summed E-state index contributed by atoms with van der Waals surface area (Å²) in [7, 11) is 3.80. The molecular weight excluding hydrogens is 260 g/mol. The van der Waals surface area contributed by atoms with Crippen molar-refractivity contribution in [3.63, 3.8) is 0 Å². The van der Waals surface area contributed by atoms with Crippen molar-refractivity contribution in [2.45, 2.75) is 36.9 Å². The topological polar surface area (TPSA) is 68.5 Å². The number of anilines is 1. The van der Waals surface area contributed by atoms with Gasteiger partial charge in [0.1, 0.15) is 22.5 Å². The maximum atomic E-state index is 4.56. The van der Waals surface area contributed by atoms with E-state index in [1.54, 1.807) is 0 Å². The van der Waals surface area contributed by atoms with E-state index in [4.69, 9.17) is 0 Å². The first-order chi connectivity index (χ1) is 9.01. The van der Waals surface area contributed by atoms with Gasteiger partial charge in [0.15, 0.2) is 5.16 Å². The van der Waals surface area contributed by atoms with Crippen LogP contribution in [0.15, 0.2) is 16.2 Å². The van der Waals surface area contributed by atoms with Crippen molar-refractivity contribution < 1.29 is 0 Å². The highest BCUT2D eigenvalue weighted by atomic mass is 32.2. The molecule has 0 radical (unpaired) electrons. The molecule has 2 aromatic heterocycles. The summed E-state index contributed by atoms with van der Waals surface area (Å²) in [6.45, 7) is 6.08. The summed E-state index contributed by atoms with van der Waals surface area (Å²) in [6, 6.07) is 1.92.